The number of phenolic OH excluding ortho intramolecular Hbond substituents is 1. The smallest absolute Gasteiger partial charge is 0.342 e. The van der Waals surface area contributed by atoms with Gasteiger partial charge in [0, 0.05) is 30.6 Å². The lowest BCUT2D eigenvalue weighted by molar-refractivity contribution is -0.121. The number of nitrogens with one attached hydrogen (secondary N) is 1. The molecule has 2 rings (SSSR count). The van der Waals surface area contributed by atoms with Gasteiger partial charge in [-0.15, -0.1) is 0 Å². The van der Waals surface area contributed by atoms with E-state index in [1.165, 1.54) is 7.11 Å². The van der Waals surface area contributed by atoms with Gasteiger partial charge in [-0.05, 0) is 32.3 Å². The van der Waals surface area contributed by atoms with Gasteiger partial charge in [0.25, 0.3) is 0 Å². The zero-order chi connectivity index (χ0) is 19.3. The Morgan fingerprint density at radius 1 is 1.42 bits per heavy atom. The molecule has 1 aliphatic heterocycles. The Morgan fingerprint density at radius 3 is 2.81 bits per heavy atom. The van der Waals surface area contributed by atoms with Crippen molar-refractivity contribution in [3.63, 3.8) is 0 Å². The van der Waals surface area contributed by atoms with E-state index in [4.69, 9.17) is 15.2 Å². The maximum atomic E-state index is 11.9. The summed E-state index contributed by atoms with van der Waals surface area (Å²) in [5, 5.41) is 13.3. The van der Waals surface area contributed by atoms with Gasteiger partial charge in [-0.1, -0.05) is 11.6 Å². The van der Waals surface area contributed by atoms with Crippen molar-refractivity contribution in [2.45, 2.75) is 39.7 Å². The van der Waals surface area contributed by atoms with Crippen LogP contribution in [0.1, 0.15) is 46.8 Å². The third-order valence-electron chi connectivity index (χ3n) is 4.52. The summed E-state index contributed by atoms with van der Waals surface area (Å²) in [6.07, 6.45) is 3.30. The van der Waals surface area contributed by atoms with E-state index >= 15 is 0 Å². The second kappa shape index (κ2) is 8.71. The Hall–Kier alpha value is -2.54. The average Bonchev–Trinajstić information content (AvgIpc) is 3.02. The summed E-state index contributed by atoms with van der Waals surface area (Å²) in [5.41, 5.74) is 8.61. The van der Waals surface area contributed by atoms with E-state index in [1.807, 2.05) is 19.9 Å². The second-order valence-corrected chi connectivity index (χ2v) is 6.31. The third kappa shape index (κ3) is 4.16. The second-order valence-electron chi connectivity index (χ2n) is 6.31. The molecule has 1 aromatic rings. The fraction of sp³-hybridized carbons (Fsp3) is 0.474. The molecule has 0 unspecified atom stereocenters. The maximum absolute atomic E-state index is 11.9. The van der Waals surface area contributed by atoms with Crippen molar-refractivity contribution in [3.8, 4) is 11.5 Å². The topological polar surface area (TPSA) is 111 Å². The van der Waals surface area contributed by atoms with Crippen LogP contribution in [0.4, 0.5) is 0 Å². The number of amides is 1. The average molecular weight is 362 g/mol. The first-order valence-electron chi connectivity index (χ1n) is 8.61. The van der Waals surface area contributed by atoms with Crippen LogP contribution in [0, 0.1) is 6.92 Å². The minimum absolute atomic E-state index is 0.0419. The molecule has 0 saturated carbocycles. The molecule has 0 aliphatic carbocycles. The van der Waals surface area contributed by atoms with Gasteiger partial charge in [0.15, 0.2) is 0 Å². The largest absolute Gasteiger partial charge is 0.507 e. The summed E-state index contributed by atoms with van der Waals surface area (Å²) in [4.78, 5) is 23.5. The van der Waals surface area contributed by atoms with E-state index in [1.54, 1.807) is 0 Å². The predicted molar refractivity (Wildman–Crippen MR) is 97.3 cm³/mol. The van der Waals surface area contributed by atoms with Crippen LogP contribution >= 0.6 is 0 Å². The van der Waals surface area contributed by atoms with Crippen molar-refractivity contribution in [3.05, 3.63) is 33.9 Å². The molecule has 0 radical (unpaired) electrons. The van der Waals surface area contributed by atoms with Crippen LogP contribution < -0.4 is 15.8 Å². The predicted octanol–water partition coefficient (Wildman–Crippen LogP) is 1.72. The standard InChI is InChI=1S/C19H26N2O5/c1-11(5-7-15(22)21-9-8-20)4-6-13-17(23)16-14(10-26-19(16)24)12(2)18(13)25-3/h4,23H,5-10,20H2,1-3H3,(H,21,22)/b11-4+. The first-order chi connectivity index (χ1) is 12.4. The van der Waals surface area contributed by atoms with E-state index in [2.05, 4.69) is 5.32 Å². The lowest BCUT2D eigenvalue weighted by atomic mass is 9.94. The van der Waals surface area contributed by atoms with Crippen LogP contribution in [-0.2, 0) is 22.6 Å². The molecule has 7 nitrogen and oxygen atoms in total. The van der Waals surface area contributed by atoms with Gasteiger partial charge in [0.1, 0.15) is 23.7 Å². The minimum atomic E-state index is -0.512. The molecule has 0 spiro atoms. The highest BCUT2D eigenvalue weighted by Crippen LogP contribution is 2.42. The van der Waals surface area contributed by atoms with Crippen molar-refractivity contribution in [2.75, 3.05) is 20.2 Å². The Bertz CT molecular complexity index is 740. The van der Waals surface area contributed by atoms with E-state index in [0.29, 0.717) is 49.2 Å². The summed E-state index contributed by atoms with van der Waals surface area (Å²) >= 11 is 0. The molecular weight excluding hydrogens is 336 g/mol. The quantitative estimate of drug-likeness (QED) is 0.480. The van der Waals surface area contributed by atoms with Gasteiger partial charge >= 0.3 is 5.97 Å². The number of fused-ring (bicyclic) bond motifs is 1. The van der Waals surface area contributed by atoms with Crippen LogP contribution in [0.5, 0.6) is 11.5 Å². The highest BCUT2D eigenvalue weighted by Gasteiger charge is 2.31. The molecule has 7 heteroatoms. The number of carbonyl (C=O) groups is 2. The lowest BCUT2D eigenvalue weighted by Gasteiger charge is -2.15. The van der Waals surface area contributed by atoms with E-state index in [0.717, 1.165) is 11.1 Å². The molecule has 0 bridgehead atoms. The molecule has 1 amide bonds. The van der Waals surface area contributed by atoms with Crippen molar-refractivity contribution in [1.82, 2.24) is 5.32 Å². The number of rotatable bonds is 8. The molecule has 1 heterocycles. The zero-order valence-corrected chi connectivity index (χ0v) is 15.5. The van der Waals surface area contributed by atoms with Gasteiger partial charge in [-0.3, -0.25) is 4.79 Å². The Balaban J connectivity index is 2.16. The number of phenols is 1. The van der Waals surface area contributed by atoms with Gasteiger partial charge in [-0.2, -0.15) is 0 Å². The number of esters is 1. The van der Waals surface area contributed by atoms with Crippen LogP contribution in [0.3, 0.4) is 0 Å². The fourth-order valence-electron chi connectivity index (χ4n) is 3.02. The number of allylic oxidation sites excluding steroid dienone is 2. The van der Waals surface area contributed by atoms with E-state index in [-0.39, 0.29) is 23.8 Å². The molecule has 4 N–H and O–H groups in total. The van der Waals surface area contributed by atoms with Gasteiger partial charge in [-0.25, -0.2) is 4.79 Å². The normalized spacial score (nSPS) is 13.4. The number of cyclic esters (lactones) is 1. The highest BCUT2D eigenvalue weighted by atomic mass is 16.5. The monoisotopic (exact) mass is 362 g/mol. The van der Waals surface area contributed by atoms with Crippen molar-refractivity contribution in [1.29, 1.82) is 0 Å². The first-order valence-corrected chi connectivity index (χ1v) is 8.61. The fourth-order valence-corrected chi connectivity index (χ4v) is 3.02. The highest BCUT2D eigenvalue weighted by molar-refractivity contribution is 5.98. The van der Waals surface area contributed by atoms with E-state index in [9.17, 15) is 14.7 Å². The van der Waals surface area contributed by atoms with Gasteiger partial charge in [0.05, 0.1) is 7.11 Å². The molecule has 1 aliphatic rings. The molecule has 0 aromatic heterocycles. The zero-order valence-electron chi connectivity index (χ0n) is 15.5. The maximum Gasteiger partial charge on any atom is 0.342 e. The van der Waals surface area contributed by atoms with Crippen LogP contribution in [0.15, 0.2) is 11.6 Å². The Labute approximate surface area is 153 Å². The van der Waals surface area contributed by atoms with Crippen LogP contribution in [-0.4, -0.2) is 37.2 Å². The SMILES string of the molecule is COc1c(C)c2c(c(O)c1C/C=C(\C)CCC(=O)NCCN)C(=O)OC2. The number of hydrogen-bond acceptors (Lipinski definition) is 6. The molecule has 142 valence electrons. The lowest BCUT2D eigenvalue weighted by Crippen LogP contribution is -2.28. The molecule has 1 aromatic carbocycles. The minimum Gasteiger partial charge on any atom is -0.507 e. The number of nitrogens with two attached hydrogens (primary N) is 1. The molecule has 0 fully saturated rings. The van der Waals surface area contributed by atoms with Crippen LogP contribution in [0.25, 0.3) is 0 Å². The Morgan fingerprint density at radius 2 is 2.15 bits per heavy atom. The number of carbonyl (C=O) groups excluding carboxylic acids is 2. The van der Waals surface area contributed by atoms with Gasteiger partial charge in [0.2, 0.25) is 5.91 Å². The summed E-state index contributed by atoms with van der Waals surface area (Å²) in [7, 11) is 1.54. The number of benzene rings is 1. The molecular formula is C19H26N2O5. The summed E-state index contributed by atoms with van der Waals surface area (Å²) in [6, 6.07) is 0. The van der Waals surface area contributed by atoms with E-state index < -0.39 is 5.97 Å². The number of ether oxygens (including phenoxy) is 2. The summed E-state index contributed by atoms with van der Waals surface area (Å²) < 4.78 is 10.5. The van der Waals surface area contributed by atoms with Crippen LogP contribution in [0.2, 0.25) is 0 Å². The number of aromatic hydroxyl groups is 1. The molecule has 26 heavy (non-hydrogen) atoms. The number of hydrogen-bond donors (Lipinski definition) is 3. The Kier molecular flexibility index (Phi) is 6.63. The van der Waals surface area contributed by atoms with Crippen molar-refractivity contribution in [2.24, 2.45) is 5.73 Å². The van der Waals surface area contributed by atoms with Crippen molar-refractivity contribution >= 4 is 11.9 Å². The first kappa shape index (κ1) is 19.8. The van der Waals surface area contributed by atoms with Crippen molar-refractivity contribution < 1.29 is 24.2 Å². The molecule has 0 saturated heterocycles. The third-order valence-corrected chi connectivity index (χ3v) is 4.52. The molecule has 0 atom stereocenters. The van der Waals surface area contributed by atoms with Gasteiger partial charge < -0.3 is 25.6 Å². The number of methoxy groups -OCH3 is 1. The summed E-state index contributed by atoms with van der Waals surface area (Å²) in [6.45, 7) is 4.81. The summed E-state index contributed by atoms with van der Waals surface area (Å²) in [5.74, 6) is -0.0829.